The van der Waals surface area contributed by atoms with Gasteiger partial charge in [-0.15, -0.1) is 0 Å². The quantitative estimate of drug-likeness (QED) is 0.219. The predicted molar refractivity (Wildman–Crippen MR) is 167 cm³/mol. The number of allylic oxidation sites excluding steroid dienone is 2. The van der Waals surface area contributed by atoms with Crippen LogP contribution in [-0.4, -0.2) is 6.61 Å². The van der Waals surface area contributed by atoms with Gasteiger partial charge in [0.2, 0.25) is 5.82 Å². The maximum Gasteiger partial charge on any atom is 0.201 e. The van der Waals surface area contributed by atoms with Gasteiger partial charge in [-0.1, -0.05) is 68.3 Å². The zero-order valence-electron chi connectivity index (χ0n) is 25.2. The third-order valence-corrected chi connectivity index (χ3v) is 9.79. The van der Waals surface area contributed by atoms with Crippen LogP contribution in [0.15, 0.2) is 66.7 Å². The molecule has 2 saturated carbocycles. The SMILES string of the molecule is C/C=C/CCC1CCC(C2CCC(c3ccc(-c4ccc(-c5ccc(OCCC)c(F)c5F)cc4)c(F)c3)CC2)CC1. The first-order valence-corrected chi connectivity index (χ1v) is 16.1. The van der Waals surface area contributed by atoms with Crippen LogP contribution >= 0.6 is 0 Å². The molecule has 0 aliphatic heterocycles. The molecular weight excluding hydrogens is 529 g/mol. The summed E-state index contributed by atoms with van der Waals surface area (Å²) < 4.78 is 49.9. The van der Waals surface area contributed by atoms with Crippen molar-refractivity contribution in [3.05, 3.63) is 89.8 Å². The molecule has 3 aromatic carbocycles. The van der Waals surface area contributed by atoms with Gasteiger partial charge in [-0.05, 0) is 123 Å². The second kappa shape index (κ2) is 14.4. The molecule has 0 saturated heterocycles. The molecule has 42 heavy (non-hydrogen) atoms. The van der Waals surface area contributed by atoms with Gasteiger partial charge in [-0.2, -0.15) is 4.39 Å². The highest BCUT2D eigenvalue weighted by atomic mass is 19.2. The molecule has 224 valence electrons. The van der Waals surface area contributed by atoms with E-state index in [1.165, 1.54) is 63.5 Å². The minimum absolute atomic E-state index is 0.0799. The smallest absolute Gasteiger partial charge is 0.201 e. The summed E-state index contributed by atoms with van der Waals surface area (Å²) in [5.41, 5.74) is 3.04. The minimum atomic E-state index is -0.983. The molecule has 2 fully saturated rings. The molecule has 0 atom stereocenters. The second-order valence-corrected chi connectivity index (χ2v) is 12.4. The van der Waals surface area contributed by atoms with E-state index in [-0.39, 0.29) is 17.1 Å². The van der Waals surface area contributed by atoms with Crippen LogP contribution in [0.2, 0.25) is 0 Å². The first-order chi connectivity index (χ1) is 20.5. The van der Waals surface area contributed by atoms with Gasteiger partial charge in [0.25, 0.3) is 0 Å². The van der Waals surface area contributed by atoms with Gasteiger partial charge in [0.15, 0.2) is 11.6 Å². The lowest BCUT2D eigenvalue weighted by atomic mass is 9.68. The van der Waals surface area contributed by atoms with Gasteiger partial charge in [-0.25, -0.2) is 8.78 Å². The van der Waals surface area contributed by atoms with Crippen LogP contribution in [0.1, 0.15) is 96.0 Å². The number of rotatable bonds is 10. The summed E-state index contributed by atoms with van der Waals surface area (Å²) in [6.07, 6.45) is 18.1. The summed E-state index contributed by atoms with van der Waals surface area (Å²) in [6, 6.07) is 15.6. The van der Waals surface area contributed by atoms with Gasteiger partial charge >= 0.3 is 0 Å². The summed E-state index contributed by atoms with van der Waals surface area (Å²) in [6.45, 7) is 4.34. The Morgan fingerprint density at radius 1 is 0.738 bits per heavy atom. The normalized spacial score (nSPS) is 22.9. The van der Waals surface area contributed by atoms with Crippen molar-refractivity contribution >= 4 is 0 Å². The van der Waals surface area contributed by atoms with E-state index in [9.17, 15) is 8.78 Å². The molecule has 4 heteroatoms. The Balaban J connectivity index is 1.18. The summed E-state index contributed by atoms with van der Waals surface area (Å²) in [7, 11) is 0. The fraction of sp³-hybridized carbons (Fsp3) is 0.474. The van der Waals surface area contributed by atoms with Crippen molar-refractivity contribution in [2.75, 3.05) is 6.61 Å². The van der Waals surface area contributed by atoms with Crippen molar-refractivity contribution in [3.8, 4) is 28.0 Å². The number of ether oxygens (including phenoxy) is 1. The van der Waals surface area contributed by atoms with Crippen molar-refractivity contribution in [1.29, 1.82) is 0 Å². The van der Waals surface area contributed by atoms with Crippen LogP contribution < -0.4 is 4.74 Å². The monoisotopic (exact) mass is 574 g/mol. The van der Waals surface area contributed by atoms with Crippen LogP contribution in [0.4, 0.5) is 13.2 Å². The van der Waals surface area contributed by atoms with Crippen LogP contribution in [-0.2, 0) is 0 Å². The predicted octanol–water partition coefficient (Wildman–Crippen LogP) is 11.7. The lowest BCUT2D eigenvalue weighted by Crippen LogP contribution is -2.25. The van der Waals surface area contributed by atoms with Crippen molar-refractivity contribution in [1.82, 2.24) is 0 Å². The number of hydrogen-bond acceptors (Lipinski definition) is 1. The zero-order chi connectivity index (χ0) is 29.5. The van der Waals surface area contributed by atoms with E-state index in [4.69, 9.17) is 4.74 Å². The van der Waals surface area contributed by atoms with E-state index in [0.29, 0.717) is 30.1 Å². The molecule has 0 aromatic heterocycles. The Labute approximate surface area is 250 Å². The Morgan fingerprint density at radius 3 is 1.98 bits per heavy atom. The largest absolute Gasteiger partial charge is 0.490 e. The van der Waals surface area contributed by atoms with Crippen LogP contribution in [0.5, 0.6) is 5.75 Å². The number of hydrogen-bond donors (Lipinski definition) is 0. The highest BCUT2D eigenvalue weighted by Gasteiger charge is 2.31. The Kier molecular flexibility index (Phi) is 10.5. The van der Waals surface area contributed by atoms with Crippen LogP contribution in [0, 0.1) is 35.2 Å². The van der Waals surface area contributed by atoms with Crippen molar-refractivity contribution in [2.24, 2.45) is 17.8 Å². The maximum atomic E-state index is 15.4. The summed E-state index contributed by atoms with van der Waals surface area (Å²) >= 11 is 0. The number of benzene rings is 3. The molecule has 2 aliphatic rings. The van der Waals surface area contributed by atoms with Crippen LogP contribution in [0.3, 0.4) is 0 Å². The fourth-order valence-corrected chi connectivity index (χ4v) is 7.30. The second-order valence-electron chi connectivity index (χ2n) is 12.4. The van der Waals surface area contributed by atoms with Crippen LogP contribution in [0.25, 0.3) is 22.3 Å². The standard InChI is InChI=1S/C38H45F3O/c1-3-5-6-7-26-8-10-27(11-9-26)28-12-14-29(15-13-28)32-20-21-33(35(39)25-32)30-16-18-31(19-17-30)34-22-23-36(42-24-4-2)38(41)37(34)40/h3,5,16-23,25-29H,4,6-15,24H2,1-2H3/b5-3+. The zero-order valence-corrected chi connectivity index (χ0v) is 25.2. The molecule has 2 aliphatic carbocycles. The lowest BCUT2D eigenvalue weighted by molar-refractivity contribution is 0.157. The Bertz CT molecular complexity index is 1330. The van der Waals surface area contributed by atoms with Gasteiger partial charge in [0.05, 0.1) is 6.61 Å². The third kappa shape index (κ3) is 7.13. The van der Waals surface area contributed by atoms with E-state index in [1.807, 2.05) is 13.0 Å². The van der Waals surface area contributed by atoms with Gasteiger partial charge in [-0.3, -0.25) is 0 Å². The van der Waals surface area contributed by atoms with Crippen molar-refractivity contribution in [2.45, 2.75) is 90.4 Å². The average molecular weight is 575 g/mol. The molecule has 0 unspecified atom stereocenters. The van der Waals surface area contributed by atoms with Gasteiger partial charge < -0.3 is 4.74 Å². The summed E-state index contributed by atoms with van der Waals surface area (Å²) in [5.74, 6) is 0.816. The fourth-order valence-electron chi connectivity index (χ4n) is 7.30. The van der Waals surface area contributed by atoms with E-state index in [2.05, 4.69) is 25.1 Å². The van der Waals surface area contributed by atoms with E-state index in [1.54, 1.807) is 30.3 Å². The molecule has 3 aromatic rings. The molecular formula is C38H45F3O. The van der Waals surface area contributed by atoms with E-state index in [0.717, 1.165) is 41.7 Å². The minimum Gasteiger partial charge on any atom is -0.490 e. The molecule has 0 spiro atoms. The number of halogens is 3. The third-order valence-electron chi connectivity index (χ3n) is 9.79. The van der Waals surface area contributed by atoms with Crippen molar-refractivity contribution in [3.63, 3.8) is 0 Å². The molecule has 0 radical (unpaired) electrons. The molecule has 0 amide bonds. The molecule has 0 bridgehead atoms. The summed E-state index contributed by atoms with van der Waals surface area (Å²) in [5, 5.41) is 0. The van der Waals surface area contributed by atoms with Gasteiger partial charge in [0, 0.05) is 11.1 Å². The summed E-state index contributed by atoms with van der Waals surface area (Å²) in [4.78, 5) is 0. The van der Waals surface area contributed by atoms with E-state index < -0.39 is 11.6 Å². The average Bonchev–Trinajstić information content (AvgIpc) is 3.02. The highest BCUT2D eigenvalue weighted by Crippen LogP contribution is 2.45. The molecule has 0 N–H and O–H groups in total. The molecule has 5 rings (SSSR count). The highest BCUT2D eigenvalue weighted by molar-refractivity contribution is 5.71. The Hall–Kier alpha value is -3.01. The van der Waals surface area contributed by atoms with Gasteiger partial charge in [0.1, 0.15) is 5.82 Å². The Morgan fingerprint density at radius 2 is 1.36 bits per heavy atom. The molecule has 1 nitrogen and oxygen atoms in total. The van der Waals surface area contributed by atoms with E-state index >= 15 is 4.39 Å². The first-order valence-electron chi connectivity index (χ1n) is 16.1. The maximum absolute atomic E-state index is 15.4. The van der Waals surface area contributed by atoms with Crippen molar-refractivity contribution < 1.29 is 17.9 Å². The lowest BCUT2D eigenvalue weighted by Gasteiger charge is -2.38. The first kappa shape index (κ1) is 30.4. The topological polar surface area (TPSA) is 9.23 Å². The molecule has 0 heterocycles.